The molecule has 1 amide bonds. The van der Waals surface area contributed by atoms with Crippen LogP contribution >= 0.6 is 0 Å². The predicted octanol–water partition coefficient (Wildman–Crippen LogP) is 2.07. The number of aromatic nitrogens is 2. The van der Waals surface area contributed by atoms with Gasteiger partial charge in [0.1, 0.15) is 0 Å². The van der Waals surface area contributed by atoms with E-state index in [9.17, 15) is 9.90 Å². The molecule has 1 unspecified atom stereocenters. The van der Waals surface area contributed by atoms with Crippen molar-refractivity contribution in [1.29, 1.82) is 0 Å². The van der Waals surface area contributed by atoms with Crippen LogP contribution in [0, 0.1) is 5.92 Å². The lowest BCUT2D eigenvalue weighted by molar-refractivity contribution is 0.0142. The van der Waals surface area contributed by atoms with Crippen LogP contribution in [0.25, 0.3) is 0 Å². The predicted molar refractivity (Wildman–Crippen MR) is 85.6 cm³/mol. The number of carbonyl (C=O) groups is 1. The van der Waals surface area contributed by atoms with Gasteiger partial charge in [-0.15, -0.1) is 0 Å². The first kappa shape index (κ1) is 16.2. The van der Waals surface area contributed by atoms with Crippen LogP contribution < -0.4 is 5.32 Å². The van der Waals surface area contributed by atoms with Crippen molar-refractivity contribution in [3.8, 4) is 0 Å². The number of nitrogens with zero attached hydrogens (tertiary/aromatic N) is 2. The zero-order valence-corrected chi connectivity index (χ0v) is 13.3. The highest BCUT2D eigenvalue weighted by molar-refractivity contribution is 5.94. The molecule has 5 heteroatoms. The number of hydrogen-bond acceptors (Lipinski definition) is 3. The fourth-order valence-electron chi connectivity index (χ4n) is 1.92. The zero-order valence-electron chi connectivity index (χ0n) is 13.3. The zero-order chi connectivity index (χ0) is 16.2. The average molecular weight is 301 g/mol. The maximum atomic E-state index is 12.1. The molecule has 1 heterocycles. The quantitative estimate of drug-likeness (QED) is 0.858. The maximum absolute atomic E-state index is 12.1. The van der Waals surface area contributed by atoms with Gasteiger partial charge in [0.05, 0.1) is 11.9 Å². The van der Waals surface area contributed by atoms with E-state index in [0.29, 0.717) is 5.56 Å². The lowest BCUT2D eigenvalue weighted by Crippen LogP contribution is -2.44. The highest BCUT2D eigenvalue weighted by atomic mass is 16.3. The molecule has 5 nitrogen and oxygen atoms in total. The van der Waals surface area contributed by atoms with Gasteiger partial charge in [-0.2, -0.15) is 0 Å². The van der Waals surface area contributed by atoms with Crippen molar-refractivity contribution in [2.24, 2.45) is 5.92 Å². The Morgan fingerprint density at radius 2 is 2.05 bits per heavy atom. The molecule has 2 N–H and O–H groups in total. The van der Waals surface area contributed by atoms with E-state index in [1.54, 1.807) is 31.6 Å². The molecular weight excluding hydrogens is 278 g/mol. The van der Waals surface area contributed by atoms with Crippen LogP contribution in [0.2, 0.25) is 0 Å². The van der Waals surface area contributed by atoms with E-state index in [1.807, 2.05) is 36.7 Å². The van der Waals surface area contributed by atoms with Crippen LogP contribution in [-0.2, 0) is 6.54 Å². The third kappa shape index (κ3) is 4.18. The molecule has 0 radical (unpaired) electrons. The normalized spacial score (nSPS) is 13.9. The summed E-state index contributed by atoms with van der Waals surface area (Å²) < 4.78 is 1.97. The largest absolute Gasteiger partial charge is 0.388 e. The maximum Gasteiger partial charge on any atom is 0.251 e. The van der Waals surface area contributed by atoms with Crippen LogP contribution in [0.4, 0.5) is 0 Å². The summed E-state index contributed by atoms with van der Waals surface area (Å²) in [6.45, 7) is 6.55. The Morgan fingerprint density at radius 3 is 2.59 bits per heavy atom. The van der Waals surface area contributed by atoms with Gasteiger partial charge in [0, 0.05) is 31.0 Å². The van der Waals surface area contributed by atoms with Crippen molar-refractivity contribution >= 4 is 5.91 Å². The minimum atomic E-state index is -0.906. The summed E-state index contributed by atoms with van der Waals surface area (Å²) in [5.41, 5.74) is 0.787. The first-order chi connectivity index (χ1) is 10.4. The number of nitrogens with one attached hydrogen (secondary N) is 1. The lowest BCUT2D eigenvalue weighted by Gasteiger charge is -2.27. The van der Waals surface area contributed by atoms with Crippen molar-refractivity contribution in [3.63, 3.8) is 0 Å². The molecular formula is C17H23N3O2. The van der Waals surface area contributed by atoms with E-state index < -0.39 is 5.60 Å². The summed E-state index contributed by atoms with van der Waals surface area (Å²) in [6, 6.07) is 7.45. The molecule has 0 saturated carbocycles. The average Bonchev–Trinajstić information content (AvgIpc) is 2.98. The van der Waals surface area contributed by atoms with Gasteiger partial charge in [0.15, 0.2) is 0 Å². The van der Waals surface area contributed by atoms with Gasteiger partial charge in [0.2, 0.25) is 0 Å². The summed E-state index contributed by atoms with van der Waals surface area (Å²) in [7, 11) is 0. The molecule has 1 aromatic heterocycles. The second kappa shape index (κ2) is 6.75. The number of rotatable bonds is 6. The number of aliphatic hydroxyl groups is 1. The number of amides is 1. The van der Waals surface area contributed by atoms with Crippen molar-refractivity contribution < 1.29 is 9.90 Å². The first-order valence-electron chi connectivity index (χ1n) is 7.44. The fourth-order valence-corrected chi connectivity index (χ4v) is 1.92. The van der Waals surface area contributed by atoms with Crippen molar-refractivity contribution in [3.05, 3.63) is 54.1 Å². The summed E-state index contributed by atoms with van der Waals surface area (Å²) in [4.78, 5) is 16.1. The minimum Gasteiger partial charge on any atom is -0.388 e. The topological polar surface area (TPSA) is 67.2 Å². The summed E-state index contributed by atoms with van der Waals surface area (Å²) >= 11 is 0. The number of hydrogen-bond donors (Lipinski definition) is 2. The molecule has 0 saturated heterocycles. The summed E-state index contributed by atoms with van der Waals surface area (Å²) in [5, 5.41) is 12.9. The number of benzene rings is 1. The number of carbonyl (C=O) groups excluding carboxylic acids is 1. The molecule has 2 rings (SSSR count). The Morgan fingerprint density at radius 1 is 1.36 bits per heavy atom. The molecule has 0 bridgehead atoms. The van der Waals surface area contributed by atoms with Gasteiger partial charge in [0.25, 0.3) is 5.91 Å². The second-order valence-electron chi connectivity index (χ2n) is 6.13. The Balaban J connectivity index is 1.94. The Kier molecular flexibility index (Phi) is 4.98. The lowest BCUT2D eigenvalue weighted by atomic mass is 9.92. The highest BCUT2D eigenvalue weighted by Crippen LogP contribution is 2.15. The molecule has 0 aliphatic carbocycles. The van der Waals surface area contributed by atoms with E-state index in [1.165, 1.54) is 0 Å². The van der Waals surface area contributed by atoms with Gasteiger partial charge in [-0.25, -0.2) is 4.98 Å². The van der Waals surface area contributed by atoms with Crippen LogP contribution in [-0.4, -0.2) is 32.7 Å². The molecule has 1 aromatic carbocycles. The van der Waals surface area contributed by atoms with Crippen molar-refractivity contribution in [2.75, 3.05) is 6.54 Å². The Hall–Kier alpha value is -2.14. The SMILES string of the molecule is CC(C)C(C)(O)CNC(=O)c1ccc(Cn2ccnc2)cc1. The monoisotopic (exact) mass is 301 g/mol. The van der Waals surface area contributed by atoms with Gasteiger partial charge in [-0.1, -0.05) is 26.0 Å². The molecule has 0 aliphatic heterocycles. The van der Waals surface area contributed by atoms with E-state index in [2.05, 4.69) is 10.3 Å². The minimum absolute atomic E-state index is 0.0744. The molecule has 118 valence electrons. The van der Waals surface area contributed by atoms with E-state index in [0.717, 1.165) is 12.1 Å². The van der Waals surface area contributed by atoms with Crippen LogP contribution in [0.15, 0.2) is 43.0 Å². The molecule has 22 heavy (non-hydrogen) atoms. The molecule has 0 fully saturated rings. The fraction of sp³-hybridized carbons (Fsp3) is 0.412. The summed E-state index contributed by atoms with van der Waals surface area (Å²) in [6.07, 6.45) is 5.39. The Bertz CT molecular complexity index is 601. The van der Waals surface area contributed by atoms with E-state index >= 15 is 0 Å². The van der Waals surface area contributed by atoms with Crippen LogP contribution in [0.5, 0.6) is 0 Å². The molecule has 0 spiro atoms. The highest BCUT2D eigenvalue weighted by Gasteiger charge is 2.25. The van der Waals surface area contributed by atoms with Crippen LogP contribution in [0.3, 0.4) is 0 Å². The number of imidazole rings is 1. The second-order valence-corrected chi connectivity index (χ2v) is 6.13. The smallest absolute Gasteiger partial charge is 0.251 e. The molecule has 1 atom stereocenters. The first-order valence-corrected chi connectivity index (χ1v) is 7.44. The standard InChI is InChI=1S/C17H23N3O2/c1-13(2)17(3,22)11-19-16(21)15-6-4-14(5-7-15)10-20-9-8-18-12-20/h4-9,12-13,22H,10-11H2,1-3H3,(H,19,21). The third-order valence-electron chi connectivity index (χ3n) is 3.99. The van der Waals surface area contributed by atoms with E-state index in [-0.39, 0.29) is 18.4 Å². The van der Waals surface area contributed by atoms with Crippen molar-refractivity contribution in [2.45, 2.75) is 32.9 Å². The summed E-state index contributed by atoms with van der Waals surface area (Å²) in [5.74, 6) is -0.0968. The molecule has 2 aromatic rings. The van der Waals surface area contributed by atoms with Gasteiger partial charge < -0.3 is 15.0 Å². The third-order valence-corrected chi connectivity index (χ3v) is 3.99. The van der Waals surface area contributed by atoms with Gasteiger partial charge >= 0.3 is 0 Å². The van der Waals surface area contributed by atoms with Gasteiger partial charge in [-0.3, -0.25) is 4.79 Å². The van der Waals surface area contributed by atoms with Crippen LogP contribution in [0.1, 0.15) is 36.7 Å². The Labute approximate surface area is 131 Å². The molecule has 0 aliphatic rings. The van der Waals surface area contributed by atoms with E-state index in [4.69, 9.17) is 0 Å². The van der Waals surface area contributed by atoms with Crippen molar-refractivity contribution in [1.82, 2.24) is 14.9 Å². The van der Waals surface area contributed by atoms with Gasteiger partial charge in [-0.05, 0) is 30.5 Å².